The summed E-state index contributed by atoms with van der Waals surface area (Å²) in [5.41, 5.74) is 0.185. The van der Waals surface area contributed by atoms with Crippen molar-refractivity contribution in [3.8, 4) is 11.5 Å². The summed E-state index contributed by atoms with van der Waals surface area (Å²) < 4.78 is 16.0. The predicted molar refractivity (Wildman–Crippen MR) is 91.9 cm³/mol. The van der Waals surface area contributed by atoms with Crippen LogP contribution in [-0.2, 0) is 9.53 Å². The molecule has 1 atom stereocenters. The highest BCUT2D eigenvalue weighted by Crippen LogP contribution is 2.37. The molecule has 0 bridgehead atoms. The number of carbonyl (C=O) groups excluding carboxylic acids is 2. The summed E-state index contributed by atoms with van der Waals surface area (Å²) >= 11 is 6.20. The van der Waals surface area contributed by atoms with E-state index in [0.29, 0.717) is 30.6 Å². The minimum Gasteiger partial charge on any atom is -0.493 e. The zero-order valence-corrected chi connectivity index (χ0v) is 15.4. The van der Waals surface area contributed by atoms with Gasteiger partial charge in [0.2, 0.25) is 0 Å². The average Bonchev–Trinajstić information content (AvgIpc) is 2.52. The van der Waals surface area contributed by atoms with Crippen molar-refractivity contribution in [3.63, 3.8) is 0 Å². The van der Waals surface area contributed by atoms with Crippen LogP contribution < -0.4 is 14.8 Å². The molecule has 1 rings (SSSR count). The molecule has 0 saturated heterocycles. The van der Waals surface area contributed by atoms with Gasteiger partial charge in [-0.15, -0.1) is 0 Å². The maximum Gasteiger partial charge on any atom is 0.339 e. The molecular weight excluding hydrogens is 334 g/mol. The molecule has 1 aromatic rings. The highest BCUT2D eigenvalue weighted by atomic mass is 35.5. The van der Waals surface area contributed by atoms with Crippen molar-refractivity contribution in [3.05, 3.63) is 22.7 Å². The van der Waals surface area contributed by atoms with Crippen LogP contribution in [0.1, 0.15) is 38.1 Å². The van der Waals surface area contributed by atoms with Crippen LogP contribution in [0.5, 0.6) is 11.5 Å². The van der Waals surface area contributed by atoms with E-state index in [4.69, 9.17) is 25.8 Å². The van der Waals surface area contributed by atoms with E-state index in [1.165, 1.54) is 26.2 Å². The molecule has 0 aliphatic heterocycles. The van der Waals surface area contributed by atoms with Crippen LogP contribution in [0.15, 0.2) is 12.1 Å². The van der Waals surface area contributed by atoms with E-state index in [0.717, 1.165) is 0 Å². The van der Waals surface area contributed by atoms with Crippen LogP contribution in [-0.4, -0.2) is 38.2 Å². The molecule has 1 N–H and O–H groups in total. The normalized spacial score (nSPS) is 11.8. The number of carbonyl (C=O) groups is 2. The molecular formula is C17H24ClNO5. The van der Waals surface area contributed by atoms with Crippen molar-refractivity contribution >= 4 is 23.5 Å². The first-order valence-corrected chi connectivity index (χ1v) is 8.16. The smallest absolute Gasteiger partial charge is 0.339 e. The number of methoxy groups -OCH3 is 1. The summed E-state index contributed by atoms with van der Waals surface area (Å²) in [5.74, 6) is 0.000424. The van der Waals surface area contributed by atoms with Gasteiger partial charge in [-0.2, -0.15) is 0 Å². The van der Waals surface area contributed by atoms with Gasteiger partial charge in [0.25, 0.3) is 5.91 Å². The lowest BCUT2D eigenvalue weighted by Gasteiger charge is -2.16. The molecule has 6 nitrogen and oxygen atoms in total. The maximum atomic E-state index is 12.2. The largest absolute Gasteiger partial charge is 0.493 e. The van der Waals surface area contributed by atoms with E-state index in [1.807, 2.05) is 13.8 Å². The number of rotatable bonds is 8. The third-order valence-corrected chi connectivity index (χ3v) is 3.31. The molecule has 1 amide bonds. The predicted octanol–water partition coefficient (Wildman–Crippen LogP) is 3.06. The fourth-order valence-corrected chi connectivity index (χ4v) is 2.09. The van der Waals surface area contributed by atoms with E-state index in [-0.39, 0.29) is 16.5 Å². The second-order valence-electron chi connectivity index (χ2n) is 5.64. The molecule has 0 aliphatic rings. The van der Waals surface area contributed by atoms with E-state index in [2.05, 4.69) is 5.32 Å². The number of hydrogen-bond acceptors (Lipinski definition) is 5. The number of likely N-dealkylation sites (N-methyl/N-ethyl adjacent to an activating group) is 1. The number of hydrogen-bond donors (Lipinski definition) is 1. The summed E-state index contributed by atoms with van der Waals surface area (Å²) in [6.07, 6.45) is -0.904. The highest BCUT2D eigenvalue weighted by Gasteiger charge is 2.21. The molecule has 1 aromatic carbocycles. The Balaban J connectivity index is 2.94. The quantitative estimate of drug-likeness (QED) is 0.724. The minimum atomic E-state index is -0.904. The van der Waals surface area contributed by atoms with Crippen molar-refractivity contribution < 1.29 is 23.8 Å². The molecule has 0 spiro atoms. The van der Waals surface area contributed by atoms with Gasteiger partial charge in [-0.25, -0.2) is 4.79 Å². The van der Waals surface area contributed by atoms with Crippen LogP contribution in [0.3, 0.4) is 0 Å². The molecule has 0 aromatic heterocycles. The molecule has 7 heteroatoms. The summed E-state index contributed by atoms with van der Waals surface area (Å²) in [4.78, 5) is 23.8. The fraction of sp³-hybridized carbons (Fsp3) is 0.529. The Morgan fingerprint density at radius 2 is 1.92 bits per heavy atom. The third kappa shape index (κ3) is 5.60. The van der Waals surface area contributed by atoms with Gasteiger partial charge in [-0.1, -0.05) is 25.4 Å². The van der Waals surface area contributed by atoms with E-state index < -0.39 is 12.1 Å². The molecule has 0 aliphatic carbocycles. The van der Waals surface area contributed by atoms with Crippen LogP contribution in [0.4, 0.5) is 0 Å². The van der Waals surface area contributed by atoms with E-state index in [9.17, 15) is 9.59 Å². The molecule has 0 saturated carbocycles. The van der Waals surface area contributed by atoms with Gasteiger partial charge < -0.3 is 19.5 Å². The van der Waals surface area contributed by atoms with Gasteiger partial charge in [-0.3, -0.25) is 4.79 Å². The third-order valence-electron chi connectivity index (χ3n) is 3.03. The van der Waals surface area contributed by atoms with Crippen LogP contribution in [0.25, 0.3) is 0 Å². The number of amides is 1. The number of halogens is 1. The molecule has 0 radical (unpaired) electrons. The SMILES string of the molecule is CCNC(=O)[C@H](C)OC(=O)c1cc(Cl)c(OCC(C)C)c(OC)c1. The van der Waals surface area contributed by atoms with Crippen LogP contribution in [0, 0.1) is 5.92 Å². The van der Waals surface area contributed by atoms with Gasteiger partial charge in [0.1, 0.15) is 0 Å². The Hall–Kier alpha value is -1.95. The summed E-state index contributed by atoms with van der Waals surface area (Å²) in [6, 6.07) is 2.92. The Kier molecular flexibility index (Phi) is 7.85. The maximum absolute atomic E-state index is 12.2. The van der Waals surface area contributed by atoms with E-state index >= 15 is 0 Å². The van der Waals surface area contributed by atoms with Gasteiger partial charge in [-0.05, 0) is 31.9 Å². The highest BCUT2D eigenvalue weighted by molar-refractivity contribution is 6.32. The molecule has 24 heavy (non-hydrogen) atoms. The monoisotopic (exact) mass is 357 g/mol. The average molecular weight is 358 g/mol. The van der Waals surface area contributed by atoms with Crippen molar-refractivity contribution in [2.24, 2.45) is 5.92 Å². The van der Waals surface area contributed by atoms with Crippen molar-refractivity contribution in [2.45, 2.75) is 33.8 Å². The lowest BCUT2D eigenvalue weighted by atomic mass is 10.2. The van der Waals surface area contributed by atoms with E-state index in [1.54, 1.807) is 6.92 Å². The first-order chi connectivity index (χ1) is 11.3. The number of nitrogens with one attached hydrogen (secondary N) is 1. The topological polar surface area (TPSA) is 73.9 Å². The summed E-state index contributed by atoms with van der Waals surface area (Å²) in [7, 11) is 1.46. The Morgan fingerprint density at radius 3 is 2.46 bits per heavy atom. The number of benzene rings is 1. The van der Waals surface area contributed by atoms with Gasteiger partial charge in [0.05, 0.1) is 24.3 Å². The summed E-state index contributed by atoms with van der Waals surface area (Å²) in [6.45, 7) is 8.23. The zero-order valence-electron chi connectivity index (χ0n) is 14.6. The van der Waals surface area contributed by atoms with Crippen molar-refractivity contribution in [2.75, 3.05) is 20.3 Å². The van der Waals surface area contributed by atoms with Gasteiger partial charge >= 0.3 is 5.97 Å². The molecule has 0 unspecified atom stereocenters. The Morgan fingerprint density at radius 1 is 1.25 bits per heavy atom. The molecule has 134 valence electrons. The Bertz CT molecular complexity index is 589. The lowest BCUT2D eigenvalue weighted by molar-refractivity contribution is -0.128. The van der Waals surface area contributed by atoms with Gasteiger partial charge in [0.15, 0.2) is 17.6 Å². The van der Waals surface area contributed by atoms with Crippen molar-refractivity contribution in [1.29, 1.82) is 0 Å². The fourth-order valence-electron chi connectivity index (χ4n) is 1.83. The molecule has 0 fully saturated rings. The van der Waals surface area contributed by atoms with Crippen LogP contribution in [0.2, 0.25) is 5.02 Å². The standard InChI is InChI=1S/C17H24ClNO5/c1-6-19-16(20)11(4)24-17(21)12-7-13(18)15(14(8-12)22-5)23-9-10(2)3/h7-8,10-11H,6,9H2,1-5H3,(H,19,20)/t11-/m0/s1. The zero-order chi connectivity index (χ0) is 18.3. The number of ether oxygens (including phenoxy) is 3. The second kappa shape index (κ2) is 9.37. The van der Waals surface area contributed by atoms with Crippen LogP contribution >= 0.6 is 11.6 Å². The Labute approximate surface area is 147 Å². The molecule has 0 heterocycles. The minimum absolute atomic E-state index is 0.185. The van der Waals surface area contributed by atoms with Crippen molar-refractivity contribution in [1.82, 2.24) is 5.32 Å². The lowest BCUT2D eigenvalue weighted by Crippen LogP contribution is -2.35. The van der Waals surface area contributed by atoms with Gasteiger partial charge in [0, 0.05) is 6.54 Å². The summed E-state index contributed by atoms with van der Waals surface area (Å²) in [5, 5.41) is 2.83. The number of esters is 1. The first-order valence-electron chi connectivity index (χ1n) is 7.79. The second-order valence-corrected chi connectivity index (χ2v) is 6.04. The first kappa shape index (κ1) is 20.1.